The zero-order valence-corrected chi connectivity index (χ0v) is 14.3. The van der Waals surface area contributed by atoms with E-state index in [2.05, 4.69) is 20.6 Å². The standard InChI is InChI=1S/C19H17ClN4O/c20-17-6-4-15(11-22-17)24-18-16-5-3-14(9-13(16)7-8-21-18)19(25)23-10-12-1-2-12/h3-9,11-12H,1-2,10H2,(H,21,24)(H,23,25). The van der Waals surface area contributed by atoms with Crippen molar-refractivity contribution in [2.24, 2.45) is 5.92 Å². The molecule has 1 aromatic carbocycles. The first-order valence-corrected chi connectivity index (χ1v) is 8.62. The average molecular weight is 353 g/mol. The van der Waals surface area contributed by atoms with Gasteiger partial charge in [-0.3, -0.25) is 4.79 Å². The number of nitrogens with zero attached hydrogens (tertiary/aromatic N) is 2. The molecule has 126 valence electrons. The van der Waals surface area contributed by atoms with Gasteiger partial charge in [0.25, 0.3) is 5.91 Å². The number of pyridine rings is 2. The lowest BCUT2D eigenvalue weighted by Crippen LogP contribution is -2.25. The summed E-state index contributed by atoms with van der Waals surface area (Å²) >= 11 is 5.81. The van der Waals surface area contributed by atoms with E-state index in [1.54, 1.807) is 18.5 Å². The van der Waals surface area contributed by atoms with Gasteiger partial charge < -0.3 is 10.6 Å². The zero-order chi connectivity index (χ0) is 17.2. The van der Waals surface area contributed by atoms with Crippen LogP contribution in [0.2, 0.25) is 5.15 Å². The summed E-state index contributed by atoms with van der Waals surface area (Å²) in [6.45, 7) is 0.767. The number of anilines is 2. The number of aromatic nitrogens is 2. The Kier molecular flexibility index (Phi) is 4.24. The normalized spacial score (nSPS) is 13.6. The predicted molar refractivity (Wildman–Crippen MR) is 99.3 cm³/mol. The third-order valence-corrected chi connectivity index (χ3v) is 4.49. The van der Waals surface area contributed by atoms with Crippen molar-refractivity contribution in [3.63, 3.8) is 0 Å². The summed E-state index contributed by atoms with van der Waals surface area (Å²) in [6.07, 6.45) is 5.82. The van der Waals surface area contributed by atoms with Gasteiger partial charge in [0.2, 0.25) is 0 Å². The monoisotopic (exact) mass is 352 g/mol. The molecular formula is C19H17ClN4O. The van der Waals surface area contributed by atoms with Gasteiger partial charge >= 0.3 is 0 Å². The predicted octanol–water partition coefficient (Wildman–Crippen LogP) is 4.17. The maximum atomic E-state index is 12.3. The molecule has 25 heavy (non-hydrogen) atoms. The van der Waals surface area contributed by atoms with Crippen molar-refractivity contribution in [1.29, 1.82) is 0 Å². The van der Waals surface area contributed by atoms with Crippen LogP contribution in [0, 0.1) is 5.92 Å². The van der Waals surface area contributed by atoms with Crippen molar-refractivity contribution in [3.05, 3.63) is 59.5 Å². The van der Waals surface area contributed by atoms with Gasteiger partial charge in [0.15, 0.2) is 0 Å². The van der Waals surface area contributed by atoms with Crippen LogP contribution in [0.5, 0.6) is 0 Å². The minimum Gasteiger partial charge on any atom is -0.352 e. The van der Waals surface area contributed by atoms with E-state index in [1.807, 2.05) is 30.3 Å². The van der Waals surface area contributed by atoms with Crippen LogP contribution in [-0.2, 0) is 0 Å². The summed E-state index contributed by atoms with van der Waals surface area (Å²) in [5.41, 5.74) is 1.47. The highest BCUT2D eigenvalue weighted by molar-refractivity contribution is 6.29. The van der Waals surface area contributed by atoms with E-state index in [0.29, 0.717) is 22.5 Å². The van der Waals surface area contributed by atoms with Crippen molar-refractivity contribution in [2.45, 2.75) is 12.8 Å². The van der Waals surface area contributed by atoms with E-state index in [1.165, 1.54) is 12.8 Å². The van der Waals surface area contributed by atoms with Gasteiger partial charge in [-0.2, -0.15) is 0 Å². The minimum atomic E-state index is -0.0259. The summed E-state index contributed by atoms with van der Waals surface area (Å²) in [7, 11) is 0. The topological polar surface area (TPSA) is 66.9 Å². The highest BCUT2D eigenvalue weighted by atomic mass is 35.5. The second-order valence-electron chi connectivity index (χ2n) is 6.24. The van der Waals surface area contributed by atoms with E-state index in [-0.39, 0.29) is 5.91 Å². The number of halogens is 1. The molecule has 1 saturated carbocycles. The first-order chi connectivity index (χ1) is 12.2. The van der Waals surface area contributed by atoms with E-state index in [0.717, 1.165) is 23.0 Å². The van der Waals surface area contributed by atoms with E-state index < -0.39 is 0 Å². The Morgan fingerprint density at radius 2 is 2.04 bits per heavy atom. The summed E-state index contributed by atoms with van der Waals surface area (Å²) in [4.78, 5) is 20.7. The number of hydrogen-bond donors (Lipinski definition) is 2. The van der Waals surface area contributed by atoms with Crippen molar-refractivity contribution >= 4 is 39.8 Å². The smallest absolute Gasteiger partial charge is 0.251 e. The molecule has 4 rings (SSSR count). The molecule has 5 nitrogen and oxygen atoms in total. The fourth-order valence-corrected chi connectivity index (χ4v) is 2.78. The molecule has 0 radical (unpaired) electrons. The summed E-state index contributed by atoms with van der Waals surface area (Å²) in [6, 6.07) is 11.1. The largest absolute Gasteiger partial charge is 0.352 e. The molecule has 0 saturated heterocycles. The van der Waals surface area contributed by atoms with Gasteiger partial charge in [-0.25, -0.2) is 9.97 Å². The van der Waals surface area contributed by atoms with E-state index in [9.17, 15) is 4.79 Å². The van der Waals surface area contributed by atoms with Crippen LogP contribution in [0.4, 0.5) is 11.5 Å². The van der Waals surface area contributed by atoms with Crippen LogP contribution >= 0.6 is 11.6 Å². The summed E-state index contributed by atoms with van der Waals surface area (Å²) in [5, 5.41) is 8.57. The molecular weight excluding hydrogens is 336 g/mol. The number of hydrogen-bond acceptors (Lipinski definition) is 4. The van der Waals surface area contributed by atoms with Gasteiger partial charge in [-0.05, 0) is 60.5 Å². The highest BCUT2D eigenvalue weighted by Crippen LogP contribution is 2.28. The molecule has 2 aromatic heterocycles. The molecule has 3 aromatic rings. The Morgan fingerprint density at radius 1 is 1.16 bits per heavy atom. The van der Waals surface area contributed by atoms with Gasteiger partial charge in [0, 0.05) is 23.7 Å². The molecule has 2 heterocycles. The third kappa shape index (κ3) is 3.72. The Bertz CT molecular complexity index is 922. The van der Waals surface area contributed by atoms with Crippen LogP contribution in [-0.4, -0.2) is 22.4 Å². The quantitative estimate of drug-likeness (QED) is 0.676. The summed E-state index contributed by atoms with van der Waals surface area (Å²) in [5.74, 6) is 1.35. The van der Waals surface area contributed by atoms with Crippen LogP contribution in [0.25, 0.3) is 10.8 Å². The molecule has 6 heteroatoms. The van der Waals surface area contributed by atoms with Crippen molar-refractivity contribution in [2.75, 3.05) is 11.9 Å². The van der Waals surface area contributed by atoms with E-state index >= 15 is 0 Å². The van der Waals surface area contributed by atoms with Crippen molar-refractivity contribution in [3.8, 4) is 0 Å². The molecule has 0 unspecified atom stereocenters. The number of rotatable bonds is 5. The van der Waals surface area contributed by atoms with Crippen LogP contribution in [0.3, 0.4) is 0 Å². The number of carbonyl (C=O) groups excluding carboxylic acids is 1. The number of fused-ring (bicyclic) bond motifs is 1. The van der Waals surface area contributed by atoms with Gasteiger partial charge in [-0.15, -0.1) is 0 Å². The number of amides is 1. The second-order valence-corrected chi connectivity index (χ2v) is 6.63. The van der Waals surface area contributed by atoms with E-state index in [4.69, 9.17) is 11.6 Å². The lowest BCUT2D eigenvalue weighted by molar-refractivity contribution is 0.0952. The van der Waals surface area contributed by atoms with Crippen LogP contribution in [0.15, 0.2) is 48.8 Å². The van der Waals surface area contributed by atoms with Crippen molar-refractivity contribution in [1.82, 2.24) is 15.3 Å². The zero-order valence-electron chi connectivity index (χ0n) is 13.5. The van der Waals surface area contributed by atoms with Gasteiger partial charge in [0.1, 0.15) is 11.0 Å². The lowest BCUT2D eigenvalue weighted by atomic mass is 10.1. The number of benzene rings is 1. The number of nitrogens with one attached hydrogen (secondary N) is 2. The minimum absolute atomic E-state index is 0.0259. The highest BCUT2D eigenvalue weighted by Gasteiger charge is 2.21. The first-order valence-electron chi connectivity index (χ1n) is 8.24. The molecule has 1 fully saturated rings. The molecule has 0 spiro atoms. The molecule has 0 bridgehead atoms. The lowest BCUT2D eigenvalue weighted by Gasteiger charge is -2.10. The second kappa shape index (κ2) is 6.69. The third-order valence-electron chi connectivity index (χ3n) is 4.26. The molecule has 1 aliphatic rings. The molecule has 0 atom stereocenters. The van der Waals surface area contributed by atoms with Crippen molar-refractivity contribution < 1.29 is 4.79 Å². The molecule has 2 N–H and O–H groups in total. The van der Waals surface area contributed by atoms with Gasteiger partial charge in [-0.1, -0.05) is 11.6 Å². The Labute approximate surface area is 150 Å². The van der Waals surface area contributed by atoms with Gasteiger partial charge in [0.05, 0.1) is 11.9 Å². The number of carbonyl (C=O) groups is 1. The van der Waals surface area contributed by atoms with Crippen LogP contribution < -0.4 is 10.6 Å². The fourth-order valence-electron chi connectivity index (χ4n) is 2.67. The maximum Gasteiger partial charge on any atom is 0.251 e. The Hall–Kier alpha value is -2.66. The Morgan fingerprint density at radius 3 is 2.80 bits per heavy atom. The summed E-state index contributed by atoms with van der Waals surface area (Å²) < 4.78 is 0. The Balaban J connectivity index is 1.58. The van der Waals surface area contributed by atoms with Crippen LogP contribution in [0.1, 0.15) is 23.2 Å². The SMILES string of the molecule is O=C(NCC1CC1)c1ccc2c(Nc3ccc(Cl)nc3)nccc2c1. The molecule has 1 amide bonds. The molecule has 0 aliphatic heterocycles. The maximum absolute atomic E-state index is 12.3. The first kappa shape index (κ1) is 15.8. The fraction of sp³-hybridized carbons (Fsp3) is 0.211. The average Bonchev–Trinajstić information content (AvgIpc) is 3.46. The molecule has 1 aliphatic carbocycles.